The predicted octanol–water partition coefficient (Wildman–Crippen LogP) is 4.61. The Morgan fingerprint density at radius 1 is 1.28 bits per heavy atom. The Hall–Kier alpha value is -1.49. The van der Waals surface area contributed by atoms with Gasteiger partial charge in [-0.15, -0.1) is 11.6 Å². The summed E-state index contributed by atoms with van der Waals surface area (Å²) in [7, 11) is 0. The van der Waals surface area contributed by atoms with Gasteiger partial charge in [0.2, 0.25) is 0 Å². The Morgan fingerprint density at radius 2 is 1.92 bits per heavy atom. The Bertz CT molecular complexity index is 692. The molecule has 3 nitrogen and oxygen atoms in total. The summed E-state index contributed by atoms with van der Waals surface area (Å²) in [4.78, 5) is 15.4. The molecule has 0 N–H and O–H groups in total. The molecule has 0 radical (unpaired) electrons. The van der Waals surface area contributed by atoms with Crippen molar-refractivity contribution in [2.45, 2.75) is 23.2 Å². The van der Waals surface area contributed by atoms with Crippen molar-refractivity contribution < 1.29 is 35.5 Å². The molecule has 1 aromatic carbocycles. The number of rotatable bonds is 2. The number of amides is 1. The molecule has 0 aliphatic carbocycles. The minimum absolute atomic E-state index is 0.0839. The number of thioether (sulfide) groups is 1. The molecular weight excluding hydrogens is 401 g/mol. The lowest BCUT2D eigenvalue weighted by Gasteiger charge is -2.19. The van der Waals surface area contributed by atoms with Crippen LogP contribution >= 0.6 is 23.4 Å². The average Bonchev–Trinajstić information content (AvgIpc) is 2.85. The summed E-state index contributed by atoms with van der Waals surface area (Å²) in [5, 5.41) is -0.406. The van der Waals surface area contributed by atoms with Gasteiger partial charge in [-0.05, 0) is 18.2 Å². The zero-order chi connectivity index (χ0) is 19.0. The van der Waals surface area contributed by atoms with Crippen LogP contribution in [0.3, 0.4) is 0 Å². The maximum atomic E-state index is 13.0. The number of aliphatic imine (C=N–C) groups is 1. The number of benzene rings is 1. The van der Waals surface area contributed by atoms with Gasteiger partial charge in [0.15, 0.2) is 5.17 Å². The van der Waals surface area contributed by atoms with Gasteiger partial charge in [0.05, 0.1) is 12.1 Å². The van der Waals surface area contributed by atoms with E-state index >= 15 is 0 Å². The summed E-state index contributed by atoms with van der Waals surface area (Å²) < 4.78 is 87.2. The van der Waals surface area contributed by atoms with Crippen LogP contribution in [-0.2, 0) is 11.0 Å². The topological polar surface area (TPSA) is 32.7 Å². The zero-order valence-electron chi connectivity index (χ0n) is 11.9. The number of amidine groups is 1. The van der Waals surface area contributed by atoms with Crippen LogP contribution in [-0.4, -0.2) is 34.7 Å². The van der Waals surface area contributed by atoms with Gasteiger partial charge < -0.3 is 4.90 Å². The number of nitrogens with zero attached hydrogens (tertiary/aromatic N) is 2. The highest BCUT2D eigenvalue weighted by Crippen LogP contribution is 2.36. The molecule has 2 atom stereocenters. The maximum Gasteiger partial charge on any atom is 0.428 e. The Labute approximate surface area is 145 Å². The monoisotopic (exact) mass is 408 g/mol. The highest BCUT2D eigenvalue weighted by atomic mass is 35.5. The smallest absolute Gasteiger partial charge is 0.318 e. The van der Waals surface area contributed by atoms with E-state index in [4.69, 9.17) is 11.6 Å². The molecule has 1 saturated heterocycles. The van der Waals surface area contributed by atoms with E-state index in [1.165, 1.54) is 6.07 Å². The number of carbonyl (C=O) groups is 1. The van der Waals surface area contributed by atoms with Crippen molar-refractivity contribution in [1.82, 2.24) is 0 Å². The molecule has 1 aliphatic heterocycles. The lowest BCUT2D eigenvalue weighted by molar-refractivity contribution is -0.184. The predicted molar refractivity (Wildman–Crippen MR) is 79.4 cm³/mol. The second-order valence-electron chi connectivity index (χ2n) is 4.82. The van der Waals surface area contributed by atoms with Crippen molar-refractivity contribution in [2.24, 2.45) is 4.99 Å². The first-order valence-electron chi connectivity index (χ1n) is 6.48. The first-order valence-corrected chi connectivity index (χ1v) is 7.80. The van der Waals surface area contributed by atoms with Crippen molar-refractivity contribution in [3.05, 3.63) is 29.8 Å². The zero-order valence-corrected chi connectivity index (χ0v) is 13.5. The second kappa shape index (κ2) is 7.02. The molecule has 0 aromatic heterocycles. The molecule has 138 valence electrons. The van der Waals surface area contributed by atoms with Gasteiger partial charge in [-0.1, -0.05) is 17.8 Å². The van der Waals surface area contributed by atoms with E-state index in [9.17, 15) is 35.5 Å². The van der Waals surface area contributed by atoms with Gasteiger partial charge in [0.25, 0.3) is 12.1 Å². The van der Waals surface area contributed by atoms with E-state index < -0.39 is 39.9 Å². The third-order valence-corrected chi connectivity index (χ3v) is 4.32. The summed E-state index contributed by atoms with van der Waals surface area (Å²) in [5.74, 6) is -2.10. The van der Waals surface area contributed by atoms with Crippen LogP contribution in [0.2, 0.25) is 0 Å². The Kier molecular flexibility index (Phi) is 5.57. The van der Waals surface area contributed by atoms with E-state index in [2.05, 4.69) is 4.99 Å². The Morgan fingerprint density at radius 3 is 2.48 bits per heavy atom. The summed E-state index contributed by atoms with van der Waals surface area (Å²) in [5.41, 5.74) is -1.09. The third-order valence-electron chi connectivity index (χ3n) is 2.99. The van der Waals surface area contributed by atoms with Crippen molar-refractivity contribution >= 4 is 40.1 Å². The van der Waals surface area contributed by atoms with Crippen LogP contribution in [0.4, 0.5) is 36.4 Å². The van der Waals surface area contributed by atoms with E-state index in [1.807, 2.05) is 0 Å². The van der Waals surface area contributed by atoms with E-state index in [1.54, 1.807) is 0 Å². The number of hydrogen-bond donors (Lipinski definition) is 0. The normalized spacial score (nSPS) is 21.7. The summed E-state index contributed by atoms with van der Waals surface area (Å²) in [6.45, 7) is -0.122. The van der Waals surface area contributed by atoms with Gasteiger partial charge in [-0.25, -0.2) is 4.39 Å². The van der Waals surface area contributed by atoms with E-state index in [0.29, 0.717) is 11.8 Å². The number of carbonyl (C=O) groups excluding carboxylic acids is 1. The van der Waals surface area contributed by atoms with Gasteiger partial charge in [-0.3, -0.25) is 4.79 Å². The second-order valence-corrected chi connectivity index (χ2v) is 6.78. The molecule has 12 heteroatoms. The van der Waals surface area contributed by atoms with Gasteiger partial charge in [0.1, 0.15) is 4.71 Å². The standard InChI is InChI=1S/C13H8ClF7N2OS/c14-8-5-23(7-3-1-2-6(4-7)12(16,17)18)11(25-8)22-10(24)9(15)13(19,20)21/h1-4,8-9H,5H2. The van der Waals surface area contributed by atoms with Crippen LogP contribution < -0.4 is 4.90 Å². The molecule has 2 rings (SSSR count). The average molecular weight is 409 g/mol. The largest absolute Gasteiger partial charge is 0.428 e. The van der Waals surface area contributed by atoms with Gasteiger partial charge >= 0.3 is 12.4 Å². The molecule has 1 aromatic rings. The molecule has 1 aliphatic rings. The van der Waals surface area contributed by atoms with E-state index in [-0.39, 0.29) is 12.2 Å². The summed E-state index contributed by atoms with van der Waals surface area (Å²) in [6.07, 6.45) is -13.9. The van der Waals surface area contributed by atoms with Gasteiger partial charge in [0, 0.05) is 5.69 Å². The first-order chi connectivity index (χ1) is 11.4. The number of hydrogen-bond acceptors (Lipinski definition) is 2. The molecule has 0 saturated carbocycles. The fourth-order valence-electron chi connectivity index (χ4n) is 1.88. The van der Waals surface area contributed by atoms with Crippen molar-refractivity contribution in [2.75, 3.05) is 11.4 Å². The highest BCUT2D eigenvalue weighted by Gasteiger charge is 2.46. The van der Waals surface area contributed by atoms with Crippen LogP contribution in [0.15, 0.2) is 29.3 Å². The van der Waals surface area contributed by atoms with Crippen molar-refractivity contribution in [3.63, 3.8) is 0 Å². The number of anilines is 1. The van der Waals surface area contributed by atoms with Crippen molar-refractivity contribution in [3.8, 4) is 0 Å². The lowest BCUT2D eigenvalue weighted by Crippen LogP contribution is -2.33. The van der Waals surface area contributed by atoms with Crippen LogP contribution in [0.1, 0.15) is 5.56 Å². The molecule has 25 heavy (non-hydrogen) atoms. The molecule has 1 heterocycles. The number of halogens is 8. The fourth-order valence-corrected chi connectivity index (χ4v) is 3.16. The molecule has 1 amide bonds. The molecular formula is C13H8ClF7N2OS. The Balaban J connectivity index is 2.34. The molecule has 2 unspecified atom stereocenters. The minimum Gasteiger partial charge on any atom is -0.318 e. The molecule has 0 spiro atoms. The SMILES string of the molecule is O=C(N=C1SC(Cl)CN1c1cccc(C(F)(F)F)c1)C(F)C(F)(F)F. The van der Waals surface area contributed by atoms with Crippen LogP contribution in [0.5, 0.6) is 0 Å². The quantitative estimate of drug-likeness (QED) is 0.529. The summed E-state index contributed by atoms with van der Waals surface area (Å²) >= 11 is 6.47. The first kappa shape index (κ1) is 19.8. The van der Waals surface area contributed by atoms with E-state index in [0.717, 1.165) is 23.1 Å². The lowest BCUT2D eigenvalue weighted by atomic mass is 10.2. The number of alkyl halides is 8. The fraction of sp³-hybridized carbons (Fsp3) is 0.385. The van der Waals surface area contributed by atoms with Gasteiger partial charge in [-0.2, -0.15) is 31.3 Å². The molecule has 0 bridgehead atoms. The summed E-state index contributed by atoms with van der Waals surface area (Å²) in [6, 6.07) is 3.85. The maximum absolute atomic E-state index is 13.0. The third kappa shape index (κ3) is 4.78. The van der Waals surface area contributed by atoms with Crippen LogP contribution in [0, 0.1) is 0 Å². The van der Waals surface area contributed by atoms with Crippen molar-refractivity contribution in [1.29, 1.82) is 0 Å². The van der Waals surface area contributed by atoms with Crippen LogP contribution in [0.25, 0.3) is 0 Å². The highest BCUT2D eigenvalue weighted by molar-refractivity contribution is 8.16. The minimum atomic E-state index is -5.42. The molecule has 1 fully saturated rings.